The van der Waals surface area contributed by atoms with Gasteiger partial charge in [-0.2, -0.15) is 0 Å². The van der Waals surface area contributed by atoms with Gasteiger partial charge in [0, 0.05) is 0 Å². The molecule has 0 aliphatic heterocycles. The van der Waals surface area contributed by atoms with Crippen molar-refractivity contribution in [3.8, 4) is 5.69 Å². The fourth-order valence-electron chi connectivity index (χ4n) is 1.56. The van der Waals surface area contributed by atoms with Gasteiger partial charge in [0.15, 0.2) is 8.68 Å². The fraction of sp³-hybridized carbons (Fsp3) is 0. The van der Waals surface area contributed by atoms with Gasteiger partial charge < -0.3 is 0 Å². The Morgan fingerprint density at radius 2 is 2.19 bits per heavy atom. The number of rotatable bonds is 4. The van der Waals surface area contributed by atoms with Crippen LogP contribution in [0.3, 0.4) is 0 Å². The molecule has 0 spiro atoms. The first-order chi connectivity index (χ1) is 10.0. The molecule has 0 aliphatic rings. The highest BCUT2D eigenvalue weighted by Gasteiger charge is 2.18. The Morgan fingerprint density at radius 1 is 1.33 bits per heavy atom. The maximum atomic E-state index is 12.2. The van der Waals surface area contributed by atoms with E-state index in [1.165, 1.54) is 17.2 Å². The molecule has 1 aromatic carbocycles. The molecule has 0 radical (unpaired) electrons. The maximum absolute atomic E-state index is 12.2. The Labute approximate surface area is 128 Å². The first-order valence-corrected chi connectivity index (χ1v) is 8.20. The zero-order valence-electron chi connectivity index (χ0n) is 10.2. The molecule has 0 fully saturated rings. The van der Waals surface area contributed by atoms with Crippen LogP contribution in [-0.4, -0.2) is 33.6 Å². The lowest BCUT2D eigenvalue weighted by molar-refractivity contribution is 0.603. The maximum Gasteiger partial charge on any atom is 0.273 e. The second-order valence-corrected chi connectivity index (χ2v) is 7.36. The van der Waals surface area contributed by atoms with E-state index in [-0.39, 0.29) is 8.68 Å². The van der Waals surface area contributed by atoms with Crippen molar-refractivity contribution in [2.75, 3.05) is 4.72 Å². The number of hydrogen-bond donors (Lipinski definition) is 1. The van der Waals surface area contributed by atoms with E-state index < -0.39 is 10.0 Å². The molecule has 0 unspecified atom stereocenters. The molecule has 0 bridgehead atoms. The lowest BCUT2D eigenvalue weighted by Gasteiger charge is -2.07. The molecule has 0 saturated carbocycles. The molecular formula is C10H7ClN6O2S2. The number of benzene rings is 1. The summed E-state index contributed by atoms with van der Waals surface area (Å²) in [6, 6.07) is 6.66. The second-order valence-electron chi connectivity index (χ2n) is 3.84. The van der Waals surface area contributed by atoms with Gasteiger partial charge in [0.2, 0.25) is 0 Å². The fourth-order valence-corrected chi connectivity index (χ4v) is 3.90. The highest BCUT2D eigenvalue weighted by Crippen LogP contribution is 2.25. The SMILES string of the molecule is O=S(=O)(Nc1cccc(-n2cnnn2)c1)c1cnc(Cl)s1. The average Bonchev–Trinajstić information content (AvgIpc) is 3.09. The molecule has 3 rings (SSSR count). The molecule has 1 N–H and O–H groups in total. The van der Waals surface area contributed by atoms with Gasteiger partial charge in [-0.1, -0.05) is 29.0 Å². The normalized spacial score (nSPS) is 11.5. The summed E-state index contributed by atoms with van der Waals surface area (Å²) in [7, 11) is -3.72. The zero-order valence-corrected chi connectivity index (χ0v) is 12.6. The number of nitrogens with one attached hydrogen (secondary N) is 1. The highest BCUT2D eigenvalue weighted by molar-refractivity contribution is 7.94. The number of anilines is 1. The molecule has 11 heteroatoms. The smallest absolute Gasteiger partial charge is 0.273 e. The Bertz CT molecular complexity index is 861. The first kappa shape index (κ1) is 13.9. The summed E-state index contributed by atoms with van der Waals surface area (Å²) in [4.78, 5) is 3.72. The Balaban J connectivity index is 1.90. The summed E-state index contributed by atoms with van der Waals surface area (Å²) in [5, 5.41) is 10.8. The minimum absolute atomic E-state index is 0.0420. The van der Waals surface area contributed by atoms with Crippen LogP contribution < -0.4 is 4.72 Å². The van der Waals surface area contributed by atoms with Crippen LogP contribution in [0.1, 0.15) is 0 Å². The van der Waals surface area contributed by atoms with Gasteiger partial charge in [0.1, 0.15) is 6.33 Å². The summed E-state index contributed by atoms with van der Waals surface area (Å²) >= 11 is 6.53. The number of aromatic nitrogens is 5. The molecule has 0 atom stereocenters. The van der Waals surface area contributed by atoms with Gasteiger partial charge in [0.05, 0.1) is 17.6 Å². The summed E-state index contributed by atoms with van der Waals surface area (Å²) in [5.41, 5.74) is 1.01. The largest absolute Gasteiger partial charge is 0.279 e. The first-order valence-electron chi connectivity index (χ1n) is 5.52. The Hall–Kier alpha value is -2.04. The van der Waals surface area contributed by atoms with Gasteiger partial charge in [0.25, 0.3) is 10.0 Å². The quantitative estimate of drug-likeness (QED) is 0.772. The van der Waals surface area contributed by atoms with E-state index in [9.17, 15) is 8.42 Å². The standard InChI is InChI=1S/C10H7ClN6O2S2/c11-10-12-5-9(20-10)21(18,19)14-7-2-1-3-8(4-7)17-6-13-15-16-17/h1-6,14H. The minimum Gasteiger partial charge on any atom is -0.279 e. The van der Waals surface area contributed by atoms with E-state index in [2.05, 4.69) is 25.2 Å². The van der Waals surface area contributed by atoms with E-state index in [1.54, 1.807) is 24.3 Å². The summed E-state index contributed by atoms with van der Waals surface area (Å²) < 4.78 is 28.4. The van der Waals surface area contributed by atoms with Crippen molar-refractivity contribution >= 4 is 38.6 Å². The van der Waals surface area contributed by atoms with Crippen LogP contribution in [0.15, 0.2) is 41.0 Å². The number of sulfonamides is 1. The summed E-state index contributed by atoms with van der Waals surface area (Å²) in [6.45, 7) is 0. The summed E-state index contributed by atoms with van der Waals surface area (Å²) in [5.74, 6) is 0. The van der Waals surface area contributed by atoms with E-state index in [0.29, 0.717) is 11.4 Å². The number of nitrogens with zero attached hydrogens (tertiary/aromatic N) is 5. The Morgan fingerprint density at radius 3 is 2.86 bits per heavy atom. The molecule has 2 heterocycles. The predicted molar refractivity (Wildman–Crippen MR) is 77.1 cm³/mol. The van der Waals surface area contributed by atoms with Crippen LogP contribution >= 0.6 is 22.9 Å². The van der Waals surface area contributed by atoms with Crippen molar-refractivity contribution in [2.24, 2.45) is 0 Å². The van der Waals surface area contributed by atoms with E-state index in [1.807, 2.05) is 0 Å². The molecule has 0 amide bonds. The van der Waals surface area contributed by atoms with Gasteiger partial charge >= 0.3 is 0 Å². The zero-order chi connectivity index (χ0) is 14.9. The molecule has 0 saturated heterocycles. The lowest BCUT2D eigenvalue weighted by Crippen LogP contribution is -2.11. The molecule has 108 valence electrons. The molecular weight excluding hydrogens is 336 g/mol. The van der Waals surface area contributed by atoms with Crippen LogP contribution in [0.25, 0.3) is 5.69 Å². The van der Waals surface area contributed by atoms with Gasteiger partial charge in [-0.3, -0.25) is 4.72 Å². The van der Waals surface area contributed by atoms with Gasteiger partial charge in [-0.25, -0.2) is 18.1 Å². The second kappa shape index (κ2) is 5.39. The third-order valence-corrected chi connectivity index (χ3v) is 5.39. The van der Waals surface area contributed by atoms with Crippen LogP contribution in [0.4, 0.5) is 5.69 Å². The van der Waals surface area contributed by atoms with Crippen molar-refractivity contribution in [3.05, 3.63) is 41.3 Å². The molecule has 0 aliphatic carbocycles. The predicted octanol–water partition coefficient (Wildman–Crippen LogP) is 1.57. The van der Waals surface area contributed by atoms with Crippen LogP contribution in [0.2, 0.25) is 4.47 Å². The lowest BCUT2D eigenvalue weighted by atomic mass is 10.3. The van der Waals surface area contributed by atoms with Crippen LogP contribution in [0.5, 0.6) is 0 Å². The molecule has 8 nitrogen and oxygen atoms in total. The summed E-state index contributed by atoms with van der Waals surface area (Å²) in [6.07, 6.45) is 2.62. The third-order valence-electron chi connectivity index (χ3n) is 2.43. The van der Waals surface area contributed by atoms with Crippen molar-refractivity contribution in [3.63, 3.8) is 0 Å². The van der Waals surface area contributed by atoms with Crippen molar-refractivity contribution in [1.82, 2.24) is 25.2 Å². The number of tetrazole rings is 1. The van der Waals surface area contributed by atoms with Crippen molar-refractivity contribution < 1.29 is 8.42 Å². The average molecular weight is 343 g/mol. The highest BCUT2D eigenvalue weighted by atomic mass is 35.5. The van der Waals surface area contributed by atoms with Crippen molar-refractivity contribution in [1.29, 1.82) is 0 Å². The topological polar surface area (TPSA) is 103 Å². The van der Waals surface area contributed by atoms with Crippen molar-refractivity contribution in [2.45, 2.75) is 4.21 Å². The van der Waals surface area contributed by atoms with E-state index in [4.69, 9.17) is 11.6 Å². The van der Waals surface area contributed by atoms with E-state index in [0.717, 1.165) is 11.3 Å². The minimum atomic E-state index is -3.72. The third kappa shape index (κ3) is 3.01. The molecule has 21 heavy (non-hydrogen) atoms. The Kier molecular flexibility index (Phi) is 3.57. The molecule has 3 aromatic rings. The molecule has 2 aromatic heterocycles. The van der Waals surface area contributed by atoms with Gasteiger partial charge in [-0.15, -0.1) is 5.10 Å². The number of thiazole rings is 1. The van der Waals surface area contributed by atoms with E-state index >= 15 is 0 Å². The van der Waals surface area contributed by atoms with Crippen LogP contribution in [-0.2, 0) is 10.0 Å². The van der Waals surface area contributed by atoms with Gasteiger partial charge in [-0.05, 0) is 28.6 Å². The number of hydrogen-bond acceptors (Lipinski definition) is 7. The monoisotopic (exact) mass is 342 g/mol. The van der Waals surface area contributed by atoms with Crippen LogP contribution in [0, 0.1) is 0 Å². The number of halogens is 1.